The fourth-order valence-electron chi connectivity index (χ4n) is 2.99. The van der Waals surface area contributed by atoms with Crippen LogP contribution in [0.3, 0.4) is 0 Å². The van der Waals surface area contributed by atoms with Crippen molar-refractivity contribution in [2.45, 2.75) is 13.5 Å². The average Bonchev–Trinajstić information content (AvgIpc) is 2.72. The Morgan fingerprint density at radius 3 is 2.33 bits per heavy atom. The van der Waals surface area contributed by atoms with Crippen LogP contribution in [0, 0.1) is 5.82 Å². The molecule has 1 unspecified atom stereocenters. The van der Waals surface area contributed by atoms with Gasteiger partial charge in [-0.2, -0.15) is 0 Å². The van der Waals surface area contributed by atoms with Gasteiger partial charge >= 0.3 is 0 Å². The van der Waals surface area contributed by atoms with Crippen LogP contribution in [-0.2, 0) is 16.1 Å². The number of carbonyl (C=O) groups is 2. The van der Waals surface area contributed by atoms with E-state index in [-0.39, 0.29) is 30.7 Å². The Balaban J connectivity index is 1.87. The number of methoxy groups -OCH3 is 2. The number of nitrogens with zero attached hydrogens (tertiary/aromatic N) is 1. The van der Waals surface area contributed by atoms with Crippen molar-refractivity contribution in [2.24, 2.45) is 0 Å². The van der Waals surface area contributed by atoms with Crippen LogP contribution in [0.2, 0.25) is 0 Å². The number of anilines is 1. The lowest BCUT2D eigenvalue weighted by Gasteiger charge is -2.23. The van der Waals surface area contributed by atoms with E-state index in [0.717, 1.165) is 4.90 Å². The van der Waals surface area contributed by atoms with Gasteiger partial charge in [-0.3, -0.25) is 9.59 Å². The number of hydrogen-bond acceptors (Lipinski definition) is 4. The van der Waals surface area contributed by atoms with E-state index in [1.54, 1.807) is 55.5 Å². The van der Waals surface area contributed by atoms with Crippen molar-refractivity contribution in [3.8, 4) is 11.5 Å². The molecule has 0 saturated carbocycles. The molecule has 0 saturated heterocycles. The summed E-state index contributed by atoms with van der Waals surface area (Å²) in [4.78, 5) is 27.3. The van der Waals surface area contributed by atoms with Crippen LogP contribution < -0.4 is 19.7 Å². The van der Waals surface area contributed by atoms with E-state index >= 15 is 0 Å². The number of nitrogens with one attached hydrogen (secondary N) is 2. The molecule has 30 heavy (non-hydrogen) atoms. The highest BCUT2D eigenvalue weighted by Crippen LogP contribution is 2.18. The number of quaternary nitrogens is 1. The molecule has 0 aromatic heterocycles. The van der Waals surface area contributed by atoms with Gasteiger partial charge in [0.1, 0.15) is 5.75 Å². The highest BCUT2D eigenvalue weighted by molar-refractivity contribution is 5.91. The molecule has 7 nitrogen and oxygen atoms in total. The summed E-state index contributed by atoms with van der Waals surface area (Å²) in [7, 11) is 4.77. The number of carbonyl (C=O) groups excluding carboxylic acids is 2. The molecule has 0 aliphatic heterocycles. The van der Waals surface area contributed by atoms with Crippen LogP contribution in [0.4, 0.5) is 10.1 Å². The highest BCUT2D eigenvalue weighted by atomic mass is 19.1. The minimum Gasteiger partial charge on any atom is -0.497 e. The van der Waals surface area contributed by atoms with Crippen molar-refractivity contribution in [1.29, 1.82) is 0 Å². The van der Waals surface area contributed by atoms with Gasteiger partial charge in [0.05, 0.1) is 21.3 Å². The zero-order valence-electron chi connectivity index (χ0n) is 17.8. The molecule has 0 radical (unpaired) electrons. The normalized spacial score (nSPS) is 11.5. The second kappa shape index (κ2) is 11.2. The molecule has 2 rings (SSSR count). The van der Waals surface area contributed by atoms with E-state index in [1.165, 1.54) is 13.2 Å². The molecule has 2 N–H and O–H groups in total. The van der Waals surface area contributed by atoms with Gasteiger partial charge in [-0.25, -0.2) is 4.39 Å². The van der Waals surface area contributed by atoms with Gasteiger partial charge in [0, 0.05) is 18.8 Å². The lowest BCUT2D eigenvalue weighted by Crippen LogP contribution is -3.11. The summed E-state index contributed by atoms with van der Waals surface area (Å²) < 4.78 is 23.9. The maximum absolute atomic E-state index is 13.9. The lowest BCUT2D eigenvalue weighted by atomic mass is 10.2. The van der Waals surface area contributed by atoms with E-state index in [9.17, 15) is 14.0 Å². The van der Waals surface area contributed by atoms with E-state index in [0.29, 0.717) is 30.1 Å². The summed E-state index contributed by atoms with van der Waals surface area (Å²) >= 11 is 0. The number of benzene rings is 2. The zero-order chi connectivity index (χ0) is 22.1. The third-order valence-electron chi connectivity index (χ3n) is 4.61. The maximum Gasteiger partial charge on any atom is 0.279 e. The summed E-state index contributed by atoms with van der Waals surface area (Å²) in [6, 6.07) is 11.7. The van der Waals surface area contributed by atoms with Gasteiger partial charge in [0.2, 0.25) is 0 Å². The fraction of sp³-hybridized carbons (Fsp3) is 0.364. The Labute approximate surface area is 176 Å². The van der Waals surface area contributed by atoms with Gasteiger partial charge < -0.3 is 24.6 Å². The molecule has 2 amide bonds. The molecule has 0 aliphatic carbocycles. The standard InChI is InChI=1S/C22H28FN3O4/c1-5-26(13-16-6-11-20(30-4)19(23)12-16)22(28)15-25(2)14-21(27)24-17-7-9-18(29-3)10-8-17/h6-12H,5,13-15H2,1-4H3,(H,24,27)/p+1. The Hall–Kier alpha value is -3.13. The Morgan fingerprint density at radius 2 is 1.77 bits per heavy atom. The first kappa shape index (κ1) is 23.2. The van der Waals surface area contributed by atoms with E-state index in [1.807, 2.05) is 6.92 Å². The minimum atomic E-state index is -0.462. The van der Waals surface area contributed by atoms with Gasteiger partial charge in [-0.05, 0) is 48.9 Å². The summed E-state index contributed by atoms with van der Waals surface area (Å²) in [6.07, 6.45) is 0. The van der Waals surface area contributed by atoms with Crippen LogP contribution >= 0.6 is 0 Å². The van der Waals surface area contributed by atoms with E-state index in [2.05, 4.69) is 5.32 Å². The maximum atomic E-state index is 13.9. The second-order valence-electron chi connectivity index (χ2n) is 6.96. The minimum absolute atomic E-state index is 0.108. The van der Waals surface area contributed by atoms with Gasteiger partial charge in [0.15, 0.2) is 24.7 Å². The Morgan fingerprint density at radius 1 is 1.07 bits per heavy atom. The van der Waals surface area contributed by atoms with Crippen molar-refractivity contribution in [1.82, 2.24) is 4.90 Å². The van der Waals surface area contributed by atoms with Crippen molar-refractivity contribution in [3.63, 3.8) is 0 Å². The molecule has 1 atom stereocenters. The summed E-state index contributed by atoms with van der Waals surface area (Å²) in [5, 5.41) is 2.80. The molecule has 0 aliphatic rings. The zero-order valence-corrected chi connectivity index (χ0v) is 17.8. The number of hydrogen-bond donors (Lipinski definition) is 2. The molecule has 2 aromatic carbocycles. The molecule has 0 heterocycles. The summed E-state index contributed by atoms with van der Waals surface area (Å²) in [5.41, 5.74) is 1.34. The average molecular weight is 418 g/mol. The number of ether oxygens (including phenoxy) is 2. The van der Waals surface area contributed by atoms with Gasteiger partial charge in [-0.15, -0.1) is 0 Å². The first-order valence-corrected chi connectivity index (χ1v) is 9.71. The fourth-order valence-corrected chi connectivity index (χ4v) is 2.99. The Kier molecular flexibility index (Phi) is 8.61. The quantitative estimate of drug-likeness (QED) is 0.611. The van der Waals surface area contributed by atoms with Gasteiger partial charge in [-0.1, -0.05) is 6.07 Å². The number of rotatable bonds is 10. The SMILES string of the molecule is CCN(Cc1ccc(OC)c(F)c1)C(=O)C[NH+](C)CC(=O)Nc1ccc(OC)cc1. The largest absolute Gasteiger partial charge is 0.497 e. The monoisotopic (exact) mass is 418 g/mol. The second-order valence-corrected chi connectivity index (χ2v) is 6.96. The lowest BCUT2D eigenvalue weighted by molar-refractivity contribution is -0.862. The summed E-state index contributed by atoms with van der Waals surface area (Å²) in [6.45, 7) is 2.94. The Bertz CT molecular complexity index is 858. The van der Waals surface area contributed by atoms with Crippen molar-refractivity contribution >= 4 is 17.5 Å². The molecule has 162 valence electrons. The van der Waals surface area contributed by atoms with Crippen molar-refractivity contribution in [3.05, 3.63) is 53.8 Å². The van der Waals surface area contributed by atoms with Crippen LogP contribution in [0.25, 0.3) is 0 Å². The van der Waals surface area contributed by atoms with Crippen LogP contribution in [0.15, 0.2) is 42.5 Å². The predicted molar refractivity (Wildman–Crippen MR) is 112 cm³/mol. The molecule has 8 heteroatoms. The molecule has 2 aromatic rings. The number of halogens is 1. The smallest absolute Gasteiger partial charge is 0.279 e. The highest BCUT2D eigenvalue weighted by Gasteiger charge is 2.19. The first-order valence-electron chi connectivity index (χ1n) is 9.71. The summed E-state index contributed by atoms with van der Waals surface area (Å²) in [5.74, 6) is 0.114. The van der Waals surface area contributed by atoms with Crippen LogP contribution in [-0.4, -0.2) is 57.6 Å². The van der Waals surface area contributed by atoms with E-state index in [4.69, 9.17) is 9.47 Å². The molecular weight excluding hydrogens is 389 g/mol. The number of amides is 2. The molecule has 0 spiro atoms. The number of likely N-dealkylation sites (N-methyl/N-ethyl adjacent to an activating group) is 2. The third-order valence-corrected chi connectivity index (χ3v) is 4.61. The molecular formula is C22H29FN3O4+. The first-order chi connectivity index (χ1) is 14.4. The predicted octanol–water partition coefficient (Wildman–Crippen LogP) is 1.34. The van der Waals surface area contributed by atoms with E-state index < -0.39 is 5.82 Å². The van der Waals surface area contributed by atoms with Crippen LogP contribution in [0.5, 0.6) is 11.5 Å². The third kappa shape index (κ3) is 6.73. The molecule has 0 bridgehead atoms. The topological polar surface area (TPSA) is 72.3 Å². The van der Waals surface area contributed by atoms with Crippen molar-refractivity contribution < 1.29 is 28.4 Å². The van der Waals surface area contributed by atoms with Crippen molar-refractivity contribution in [2.75, 3.05) is 46.2 Å². The van der Waals surface area contributed by atoms with Gasteiger partial charge in [0.25, 0.3) is 11.8 Å². The molecule has 0 fully saturated rings. The van der Waals surface area contributed by atoms with Crippen LogP contribution in [0.1, 0.15) is 12.5 Å².